The Morgan fingerprint density at radius 1 is 1.04 bits per heavy atom. The van der Waals surface area contributed by atoms with Crippen LogP contribution < -0.4 is 10.1 Å². The van der Waals surface area contributed by atoms with Crippen molar-refractivity contribution >= 4 is 23.0 Å². The van der Waals surface area contributed by atoms with E-state index in [1.54, 1.807) is 6.07 Å². The number of nitrogens with zero attached hydrogens (tertiary/aromatic N) is 2. The molecule has 2 rings (SSSR count). The van der Waals surface area contributed by atoms with Gasteiger partial charge in [0.25, 0.3) is 17.3 Å². The van der Waals surface area contributed by atoms with E-state index < -0.39 is 22.4 Å². The molecule has 124 valence electrons. The van der Waals surface area contributed by atoms with E-state index in [1.165, 1.54) is 43.3 Å². The minimum absolute atomic E-state index is 0.0480. The molecule has 2 aromatic rings. The van der Waals surface area contributed by atoms with Crippen LogP contribution in [0.4, 0.5) is 17.1 Å². The molecule has 0 spiro atoms. The van der Waals surface area contributed by atoms with E-state index in [0.717, 1.165) is 0 Å². The molecule has 0 heterocycles. The molecule has 0 bridgehead atoms. The third-order valence-corrected chi connectivity index (χ3v) is 3.19. The van der Waals surface area contributed by atoms with Crippen molar-refractivity contribution in [3.8, 4) is 5.75 Å². The molecule has 0 aromatic heterocycles. The number of nitro groups is 2. The summed E-state index contributed by atoms with van der Waals surface area (Å²) >= 11 is 0. The maximum atomic E-state index is 11.9. The Kier molecular flexibility index (Phi) is 5.05. The number of nitro benzene ring substituents is 2. The number of amides is 1. The summed E-state index contributed by atoms with van der Waals surface area (Å²) in [5, 5.41) is 24.1. The number of ether oxygens (including phenoxy) is 1. The first-order valence-corrected chi connectivity index (χ1v) is 6.80. The first-order valence-electron chi connectivity index (χ1n) is 6.80. The van der Waals surface area contributed by atoms with E-state index in [4.69, 9.17) is 4.74 Å². The number of rotatable bonds is 6. The topological polar surface area (TPSA) is 125 Å². The van der Waals surface area contributed by atoms with Gasteiger partial charge >= 0.3 is 0 Å². The molecule has 0 saturated heterocycles. The molecule has 1 amide bonds. The van der Waals surface area contributed by atoms with Gasteiger partial charge in [-0.05, 0) is 19.1 Å². The summed E-state index contributed by atoms with van der Waals surface area (Å²) in [6.07, 6.45) is 0. The highest BCUT2D eigenvalue weighted by atomic mass is 16.6. The van der Waals surface area contributed by atoms with E-state index in [0.29, 0.717) is 5.56 Å². The van der Waals surface area contributed by atoms with Crippen molar-refractivity contribution in [2.75, 3.05) is 11.9 Å². The molecule has 2 aromatic carbocycles. The van der Waals surface area contributed by atoms with Crippen LogP contribution in [0.3, 0.4) is 0 Å². The first kappa shape index (κ1) is 16.9. The van der Waals surface area contributed by atoms with Crippen molar-refractivity contribution in [1.82, 2.24) is 0 Å². The summed E-state index contributed by atoms with van der Waals surface area (Å²) in [5.41, 5.74) is -0.0168. The van der Waals surface area contributed by atoms with Gasteiger partial charge in [-0.15, -0.1) is 0 Å². The number of benzene rings is 2. The lowest BCUT2D eigenvalue weighted by atomic mass is 10.2. The number of carbonyl (C=O) groups is 1. The lowest BCUT2D eigenvalue weighted by Crippen LogP contribution is -2.21. The Morgan fingerprint density at radius 3 is 2.33 bits per heavy atom. The molecule has 0 aliphatic rings. The van der Waals surface area contributed by atoms with Crippen LogP contribution in [-0.4, -0.2) is 22.4 Å². The average molecular weight is 331 g/mol. The van der Waals surface area contributed by atoms with Gasteiger partial charge in [0.05, 0.1) is 15.4 Å². The van der Waals surface area contributed by atoms with E-state index >= 15 is 0 Å². The highest BCUT2D eigenvalue weighted by Crippen LogP contribution is 2.27. The van der Waals surface area contributed by atoms with Crippen LogP contribution in [0, 0.1) is 27.2 Å². The minimum Gasteiger partial charge on any atom is -0.483 e. The van der Waals surface area contributed by atoms with Gasteiger partial charge in [-0.3, -0.25) is 25.0 Å². The zero-order valence-electron chi connectivity index (χ0n) is 12.6. The lowest BCUT2D eigenvalue weighted by molar-refractivity contribution is -0.385. The van der Waals surface area contributed by atoms with Crippen molar-refractivity contribution < 1.29 is 19.4 Å². The van der Waals surface area contributed by atoms with Gasteiger partial charge in [-0.25, -0.2) is 0 Å². The van der Waals surface area contributed by atoms with Crippen LogP contribution in [0.25, 0.3) is 0 Å². The normalized spacial score (nSPS) is 10.0. The van der Waals surface area contributed by atoms with Gasteiger partial charge in [0.15, 0.2) is 6.61 Å². The molecular weight excluding hydrogens is 318 g/mol. The molecule has 24 heavy (non-hydrogen) atoms. The van der Waals surface area contributed by atoms with E-state index in [2.05, 4.69) is 5.32 Å². The summed E-state index contributed by atoms with van der Waals surface area (Å²) in [5.74, 6) is -0.419. The molecule has 9 heteroatoms. The summed E-state index contributed by atoms with van der Waals surface area (Å²) in [7, 11) is 0. The van der Waals surface area contributed by atoms with Crippen LogP contribution >= 0.6 is 0 Å². The van der Waals surface area contributed by atoms with E-state index in [1.807, 2.05) is 0 Å². The average Bonchev–Trinajstić information content (AvgIpc) is 2.54. The van der Waals surface area contributed by atoms with Crippen molar-refractivity contribution in [3.05, 3.63) is 68.3 Å². The number of hydrogen-bond acceptors (Lipinski definition) is 6. The second-order valence-electron chi connectivity index (χ2n) is 4.77. The van der Waals surface area contributed by atoms with Gasteiger partial charge in [-0.2, -0.15) is 0 Å². The largest absolute Gasteiger partial charge is 0.483 e. The van der Waals surface area contributed by atoms with Crippen molar-refractivity contribution in [1.29, 1.82) is 0 Å². The Hall–Kier alpha value is -3.49. The van der Waals surface area contributed by atoms with Gasteiger partial charge in [0.2, 0.25) is 0 Å². The van der Waals surface area contributed by atoms with E-state index in [9.17, 15) is 25.0 Å². The summed E-state index contributed by atoms with van der Waals surface area (Å²) < 4.78 is 5.28. The summed E-state index contributed by atoms with van der Waals surface area (Å²) in [4.78, 5) is 32.5. The van der Waals surface area contributed by atoms with Gasteiger partial charge < -0.3 is 10.1 Å². The maximum Gasteiger partial charge on any atom is 0.292 e. The Bertz CT molecular complexity index is 806. The third-order valence-electron chi connectivity index (χ3n) is 3.19. The highest BCUT2D eigenvalue weighted by molar-refractivity contribution is 5.94. The highest BCUT2D eigenvalue weighted by Gasteiger charge is 2.17. The summed E-state index contributed by atoms with van der Waals surface area (Å²) in [6, 6.07) is 9.97. The molecule has 0 fully saturated rings. The fourth-order valence-electron chi connectivity index (χ4n) is 2.03. The quantitative estimate of drug-likeness (QED) is 0.641. The number of hydrogen-bond donors (Lipinski definition) is 1. The second kappa shape index (κ2) is 7.18. The zero-order chi connectivity index (χ0) is 17.7. The first-order chi connectivity index (χ1) is 11.4. The molecule has 0 aliphatic carbocycles. The molecule has 0 aliphatic heterocycles. The number of nitrogens with one attached hydrogen (secondary N) is 1. The molecule has 9 nitrogen and oxygen atoms in total. The molecule has 0 radical (unpaired) electrons. The molecule has 0 unspecified atom stereocenters. The Morgan fingerprint density at radius 2 is 1.67 bits per heavy atom. The molecule has 1 N–H and O–H groups in total. The lowest BCUT2D eigenvalue weighted by Gasteiger charge is -2.09. The predicted molar refractivity (Wildman–Crippen MR) is 85.1 cm³/mol. The van der Waals surface area contributed by atoms with Gasteiger partial charge in [-0.1, -0.05) is 18.2 Å². The monoisotopic (exact) mass is 331 g/mol. The fraction of sp³-hybridized carbons (Fsp3) is 0.133. The third kappa shape index (κ3) is 3.83. The fourth-order valence-corrected chi connectivity index (χ4v) is 2.03. The standard InChI is InChI=1S/C15H13N3O6/c1-10-12(17(20)21)7-4-8-14(10)24-9-15(19)16-11-5-2-3-6-13(11)18(22)23/h2-8H,9H2,1H3,(H,16,19). The van der Waals surface area contributed by atoms with Crippen molar-refractivity contribution in [3.63, 3.8) is 0 Å². The number of carbonyl (C=O) groups excluding carboxylic acids is 1. The van der Waals surface area contributed by atoms with Crippen LogP contribution in [0.2, 0.25) is 0 Å². The van der Waals surface area contributed by atoms with Crippen LogP contribution in [0.5, 0.6) is 5.75 Å². The van der Waals surface area contributed by atoms with Gasteiger partial charge in [0, 0.05) is 12.1 Å². The van der Waals surface area contributed by atoms with Crippen LogP contribution in [-0.2, 0) is 4.79 Å². The maximum absolute atomic E-state index is 11.9. The Balaban J connectivity index is 2.06. The number of anilines is 1. The SMILES string of the molecule is Cc1c(OCC(=O)Nc2ccccc2[N+](=O)[O-])cccc1[N+](=O)[O-]. The van der Waals surface area contributed by atoms with Crippen molar-refractivity contribution in [2.45, 2.75) is 6.92 Å². The zero-order valence-corrected chi connectivity index (χ0v) is 12.6. The smallest absolute Gasteiger partial charge is 0.292 e. The second-order valence-corrected chi connectivity index (χ2v) is 4.77. The molecule has 0 atom stereocenters. The Labute approximate surface area is 136 Å². The van der Waals surface area contributed by atoms with Gasteiger partial charge in [0.1, 0.15) is 11.4 Å². The van der Waals surface area contributed by atoms with E-state index in [-0.39, 0.29) is 22.8 Å². The summed E-state index contributed by atoms with van der Waals surface area (Å²) in [6.45, 7) is 1.07. The minimum atomic E-state index is -0.616. The van der Waals surface area contributed by atoms with Crippen LogP contribution in [0.1, 0.15) is 5.56 Å². The predicted octanol–water partition coefficient (Wildman–Crippen LogP) is 2.83. The van der Waals surface area contributed by atoms with Crippen molar-refractivity contribution in [2.24, 2.45) is 0 Å². The van der Waals surface area contributed by atoms with Crippen LogP contribution in [0.15, 0.2) is 42.5 Å². The molecular formula is C15H13N3O6. The molecule has 0 saturated carbocycles. The number of para-hydroxylation sites is 2.